The van der Waals surface area contributed by atoms with Crippen LogP contribution in [-0.4, -0.2) is 49.1 Å². The molecular weight excluding hydrogens is 330 g/mol. The second-order valence-corrected chi connectivity index (χ2v) is 6.57. The van der Waals surface area contributed by atoms with E-state index in [0.717, 1.165) is 18.7 Å². The van der Waals surface area contributed by atoms with Crippen molar-refractivity contribution < 1.29 is 19.4 Å². The molecule has 1 heterocycles. The Hall–Kier alpha value is -2.53. The highest BCUT2D eigenvalue weighted by atomic mass is 16.5. The van der Waals surface area contributed by atoms with Gasteiger partial charge in [0.1, 0.15) is 29.3 Å². The summed E-state index contributed by atoms with van der Waals surface area (Å²) in [6.45, 7) is 6.68. The van der Waals surface area contributed by atoms with Gasteiger partial charge in [-0.15, -0.1) is 0 Å². The smallest absolute Gasteiger partial charge is 0.181 e. The minimum atomic E-state index is -0.804. The van der Waals surface area contributed by atoms with Crippen LogP contribution in [-0.2, 0) is 5.41 Å². The number of fused-ring (bicyclic) bond motifs is 1. The van der Waals surface area contributed by atoms with Crippen molar-refractivity contribution in [1.29, 1.82) is 0 Å². The minimum absolute atomic E-state index is 0.0407. The quantitative estimate of drug-likeness (QED) is 0.862. The first kappa shape index (κ1) is 18.3. The first-order valence-corrected chi connectivity index (χ1v) is 8.91. The fourth-order valence-electron chi connectivity index (χ4n) is 3.49. The number of hydrogen-bond acceptors (Lipinski definition) is 5. The number of Topliss-reactive ketones (excluding diaryl/α,β-unsaturated/α-hetero) is 1. The molecule has 1 unspecified atom stereocenters. The predicted molar refractivity (Wildman–Crippen MR) is 100 cm³/mol. The SMILES string of the molecule is CCN(CC)CC1(c2ccc(O)cc2)COc2cc(OC)ccc2C1=O. The Morgan fingerprint density at radius 1 is 1.15 bits per heavy atom. The van der Waals surface area contributed by atoms with Crippen molar-refractivity contribution in [3.63, 3.8) is 0 Å². The van der Waals surface area contributed by atoms with Crippen molar-refractivity contribution in [1.82, 2.24) is 4.90 Å². The number of ketones is 1. The molecule has 1 aliphatic rings. The van der Waals surface area contributed by atoms with Crippen molar-refractivity contribution in [3.8, 4) is 17.2 Å². The maximum Gasteiger partial charge on any atom is 0.181 e. The van der Waals surface area contributed by atoms with E-state index >= 15 is 0 Å². The number of aromatic hydroxyl groups is 1. The third kappa shape index (κ3) is 3.15. The Balaban J connectivity index is 2.08. The molecule has 0 amide bonds. The van der Waals surface area contributed by atoms with E-state index in [1.165, 1.54) is 0 Å². The fourth-order valence-corrected chi connectivity index (χ4v) is 3.49. The molecule has 1 aliphatic heterocycles. The third-order valence-electron chi connectivity index (χ3n) is 5.15. The summed E-state index contributed by atoms with van der Waals surface area (Å²) in [6.07, 6.45) is 0. The largest absolute Gasteiger partial charge is 0.508 e. The lowest BCUT2D eigenvalue weighted by Crippen LogP contribution is -2.52. The number of phenolic OH excluding ortho intramolecular Hbond substituents is 1. The van der Waals surface area contributed by atoms with E-state index < -0.39 is 5.41 Å². The highest BCUT2D eigenvalue weighted by Crippen LogP contribution is 2.40. The third-order valence-corrected chi connectivity index (χ3v) is 5.15. The standard InChI is InChI=1S/C21H25NO4/c1-4-22(5-2)13-21(15-6-8-16(23)9-7-15)14-26-19-12-17(25-3)10-11-18(19)20(21)24/h6-12,23H,4-5,13-14H2,1-3H3. The molecule has 3 rings (SSSR count). The Morgan fingerprint density at radius 3 is 2.46 bits per heavy atom. The van der Waals surface area contributed by atoms with Crippen LogP contribution in [0.4, 0.5) is 0 Å². The number of rotatable bonds is 6. The van der Waals surface area contributed by atoms with Gasteiger partial charge in [0.25, 0.3) is 0 Å². The molecule has 2 aromatic carbocycles. The monoisotopic (exact) mass is 355 g/mol. The van der Waals surface area contributed by atoms with Crippen LogP contribution in [0.1, 0.15) is 29.8 Å². The maximum absolute atomic E-state index is 13.6. The molecule has 0 radical (unpaired) electrons. The Kier molecular flexibility index (Phi) is 5.18. The van der Waals surface area contributed by atoms with Crippen LogP contribution in [0.15, 0.2) is 42.5 Å². The lowest BCUT2D eigenvalue weighted by Gasteiger charge is -2.40. The van der Waals surface area contributed by atoms with Crippen LogP contribution in [0, 0.1) is 0 Å². The Morgan fingerprint density at radius 2 is 1.85 bits per heavy atom. The van der Waals surface area contributed by atoms with Gasteiger partial charge in [0.05, 0.1) is 12.7 Å². The van der Waals surface area contributed by atoms with Gasteiger partial charge < -0.3 is 19.5 Å². The first-order chi connectivity index (χ1) is 12.5. The second-order valence-electron chi connectivity index (χ2n) is 6.57. The Bertz CT molecular complexity index is 783. The summed E-state index contributed by atoms with van der Waals surface area (Å²) in [6, 6.07) is 12.2. The predicted octanol–water partition coefficient (Wildman–Crippen LogP) is 3.26. The van der Waals surface area contributed by atoms with Gasteiger partial charge in [-0.2, -0.15) is 0 Å². The van der Waals surface area contributed by atoms with Gasteiger partial charge in [-0.1, -0.05) is 26.0 Å². The average molecular weight is 355 g/mol. The van der Waals surface area contributed by atoms with Crippen molar-refractivity contribution in [2.24, 2.45) is 0 Å². The van der Waals surface area contributed by atoms with Crippen LogP contribution in [0.3, 0.4) is 0 Å². The summed E-state index contributed by atoms with van der Waals surface area (Å²) < 4.78 is 11.3. The molecule has 0 spiro atoms. The summed E-state index contributed by atoms with van der Waals surface area (Å²) >= 11 is 0. The highest BCUT2D eigenvalue weighted by Gasteiger charge is 2.46. The van der Waals surface area contributed by atoms with Crippen molar-refractivity contribution in [3.05, 3.63) is 53.6 Å². The molecule has 0 fully saturated rings. The lowest BCUT2D eigenvalue weighted by atomic mass is 9.73. The van der Waals surface area contributed by atoms with Gasteiger partial charge in [0.15, 0.2) is 5.78 Å². The molecule has 0 aliphatic carbocycles. The molecule has 138 valence electrons. The number of likely N-dealkylation sites (N-methyl/N-ethyl adjacent to an activating group) is 1. The van der Waals surface area contributed by atoms with Crippen molar-refractivity contribution in [2.75, 3.05) is 33.4 Å². The van der Waals surface area contributed by atoms with E-state index in [9.17, 15) is 9.90 Å². The summed E-state index contributed by atoms with van der Waals surface area (Å²) in [7, 11) is 1.59. The van der Waals surface area contributed by atoms with Crippen molar-refractivity contribution in [2.45, 2.75) is 19.3 Å². The zero-order valence-corrected chi connectivity index (χ0v) is 15.5. The number of phenols is 1. The van der Waals surface area contributed by atoms with E-state index in [4.69, 9.17) is 9.47 Å². The van der Waals surface area contributed by atoms with Crippen LogP contribution < -0.4 is 9.47 Å². The van der Waals surface area contributed by atoms with Gasteiger partial charge in [-0.05, 0) is 42.9 Å². The number of nitrogens with zero attached hydrogens (tertiary/aromatic N) is 1. The van der Waals surface area contributed by atoms with E-state index in [0.29, 0.717) is 23.6 Å². The maximum atomic E-state index is 13.6. The first-order valence-electron chi connectivity index (χ1n) is 8.91. The van der Waals surface area contributed by atoms with Gasteiger partial charge in [-0.25, -0.2) is 0 Å². The number of methoxy groups -OCH3 is 1. The van der Waals surface area contributed by atoms with Crippen LogP contribution in [0.5, 0.6) is 17.2 Å². The summed E-state index contributed by atoms with van der Waals surface area (Å²) in [5.74, 6) is 1.45. The molecule has 5 nitrogen and oxygen atoms in total. The fraction of sp³-hybridized carbons (Fsp3) is 0.381. The normalized spacial score (nSPS) is 19.2. The number of carbonyl (C=O) groups is 1. The van der Waals surface area contributed by atoms with Crippen LogP contribution >= 0.6 is 0 Å². The minimum Gasteiger partial charge on any atom is -0.508 e. The van der Waals surface area contributed by atoms with Gasteiger partial charge in [0.2, 0.25) is 0 Å². The molecule has 26 heavy (non-hydrogen) atoms. The number of ether oxygens (including phenoxy) is 2. The zero-order chi connectivity index (χ0) is 18.7. The number of hydrogen-bond donors (Lipinski definition) is 1. The molecular formula is C21H25NO4. The Labute approximate surface area is 154 Å². The molecule has 1 atom stereocenters. The molecule has 5 heteroatoms. The van der Waals surface area contributed by atoms with E-state index in [1.54, 1.807) is 37.4 Å². The summed E-state index contributed by atoms with van der Waals surface area (Å²) in [5, 5.41) is 9.65. The van der Waals surface area contributed by atoms with E-state index in [-0.39, 0.29) is 18.1 Å². The number of benzene rings is 2. The summed E-state index contributed by atoms with van der Waals surface area (Å²) in [5.41, 5.74) is 0.618. The van der Waals surface area contributed by atoms with E-state index in [2.05, 4.69) is 18.7 Å². The molecule has 0 bridgehead atoms. The zero-order valence-electron chi connectivity index (χ0n) is 15.5. The van der Waals surface area contributed by atoms with E-state index in [1.807, 2.05) is 12.1 Å². The van der Waals surface area contributed by atoms with Gasteiger partial charge >= 0.3 is 0 Å². The molecule has 0 saturated carbocycles. The average Bonchev–Trinajstić information content (AvgIpc) is 2.68. The molecule has 2 aromatic rings. The number of carbonyl (C=O) groups excluding carboxylic acids is 1. The lowest BCUT2D eigenvalue weighted by molar-refractivity contribution is 0.0688. The summed E-state index contributed by atoms with van der Waals surface area (Å²) in [4.78, 5) is 15.8. The molecule has 1 N–H and O–H groups in total. The molecule has 0 aromatic heterocycles. The van der Waals surface area contributed by atoms with Gasteiger partial charge in [-0.3, -0.25) is 4.79 Å². The van der Waals surface area contributed by atoms with Gasteiger partial charge in [0, 0.05) is 12.6 Å². The van der Waals surface area contributed by atoms with Crippen LogP contribution in [0.2, 0.25) is 0 Å². The van der Waals surface area contributed by atoms with Crippen molar-refractivity contribution >= 4 is 5.78 Å². The molecule has 0 saturated heterocycles. The topological polar surface area (TPSA) is 59.0 Å². The highest BCUT2D eigenvalue weighted by molar-refractivity contribution is 6.07. The second kappa shape index (κ2) is 7.38. The van der Waals surface area contributed by atoms with Crippen LogP contribution in [0.25, 0.3) is 0 Å².